The van der Waals surface area contributed by atoms with E-state index in [-0.39, 0.29) is 5.92 Å². The molecular formula is C103H72F4N2O2. The molecule has 0 bridgehead atoms. The molecular weight excluding hydrogens is 1370 g/mol. The van der Waals surface area contributed by atoms with E-state index in [9.17, 15) is 0 Å². The molecule has 15 aromatic carbocycles. The SMILES string of the molecule is C=Cc1ccc(Oc2ccc(C3(C4=CC(C)CC=C4)c4cc(-c5ccccc5)ccc4-c4ccc(N(c5ccc(-c6ccc(N(c7ccc(F)c(F)c7)c7ccc8c(c7)C(c7ccccc7)(c7ccc(Oc9ccc(C=C)cc9)cc7)c7cc(-c9ccccc9)ccc7-8)cc6)cc5)c5ccc(F)c(F)c5)cc43)cc2)cc1. The third-order valence-electron chi connectivity index (χ3n) is 22.1. The van der Waals surface area contributed by atoms with Gasteiger partial charge in [-0.2, -0.15) is 0 Å². The summed E-state index contributed by atoms with van der Waals surface area (Å²) in [5.41, 5.74) is 22.6. The van der Waals surface area contributed by atoms with Crippen molar-refractivity contribution in [2.75, 3.05) is 9.80 Å². The molecule has 0 saturated heterocycles. The molecule has 0 aliphatic heterocycles. The molecule has 0 aromatic heterocycles. The Morgan fingerprint density at radius 2 is 0.640 bits per heavy atom. The summed E-state index contributed by atoms with van der Waals surface area (Å²) in [5, 5.41) is 0. The largest absolute Gasteiger partial charge is 0.457 e. The van der Waals surface area contributed by atoms with E-state index in [2.05, 4.69) is 208 Å². The van der Waals surface area contributed by atoms with E-state index in [4.69, 9.17) is 9.47 Å². The average Bonchev–Trinajstić information content (AvgIpc) is 1.54. The quantitative estimate of drug-likeness (QED) is 0.0754. The molecule has 4 nitrogen and oxygen atoms in total. The van der Waals surface area contributed by atoms with Crippen molar-refractivity contribution in [1.82, 2.24) is 0 Å². The van der Waals surface area contributed by atoms with Crippen molar-refractivity contribution < 1.29 is 27.0 Å². The lowest BCUT2D eigenvalue weighted by Crippen LogP contribution is -2.30. The van der Waals surface area contributed by atoms with E-state index in [0.29, 0.717) is 51.4 Å². The lowest BCUT2D eigenvalue weighted by molar-refractivity contribution is 0.482. The maximum atomic E-state index is 16.0. The molecule has 0 radical (unpaired) electrons. The zero-order chi connectivity index (χ0) is 75.3. The van der Waals surface area contributed by atoms with Crippen LogP contribution in [0.1, 0.15) is 63.4 Å². The van der Waals surface area contributed by atoms with Crippen molar-refractivity contribution in [2.45, 2.75) is 24.2 Å². The molecule has 3 unspecified atom stereocenters. The zero-order valence-electron chi connectivity index (χ0n) is 60.7. The van der Waals surface area contributed by atoms with Gasteiger partial charge >= 0.3 is 0 Å². The Labute approximate surface area is 644 Å². The van der Waals surface area contributed by atoms with Crippen LogP contribution in [0.4, 0.5) is 51.7 Å². The van der Waals surface area contributed by atoms with Crippen LogP contribution in [0.25, 0.3) is 67.8 Å². The molecule has 3 aliphatic carbocycles. The first kappa shape index (κ1) is 69.0. The Kier molecular flexibility index (Phi) is 17.8. The van der Waals surface area contributed by atoms with Crippen molar-refractivity contribution in [3.8, 4) is 78.6 Å². The Bertz CT molecular complexity index is 6120. The number of ether oxygens (including phenoxy) is 2. The van der Waals surface area contributed by atoms with Crippen molar-refractivity contribution in [3.63, 3.8) is 0 Å². The smallest absolute Gasteiger partial charge is 0.160 e. The molecule has 0 heterocycles. The Hall–Kier alpha value is -13.8. The fraction of sp³-hybridized carbons (Fsp3) is 0.0485. The zero-order valence-corrected chi connectivity index (χ0v) is 60.7. The normalized spacial score (nSPS) is 15.6. The summed E-state index contributed by atoms with van der Waals surface area (Å²) < 4.78 is 75.3. The topological polar surface area (TPSA) is 24.9 Å². The predicted octanol–water partition coefficient (Wildman–Crippen LogP) is 28.3. The van der Waals surface area contributed by atoms with Crippen LogP contribution >= 0.6 is 0 Å². The van der Waals surface area contributed by atoms with Gasteiger partial charge in [-0.25, -0.2) is 17.6 Å². The molecule has 534 valence electrons. The van der Waals surface area contributed by atoms with Gasteiger partial charge in [0.2, 0.25) is 0 Å². The molecule has 0 fully saturated rings. The van der Waals surface area contributed by atoms with Gasteiger partial charge in [-0.3, -0.25) is 0 Å². The first-order chi connectivity index (χ1) is 54.4. The number of rotatable bonds is 19. The third-order valence-corrected chi connectivity index (χ3v) is 22.1. The number of nitrogens with zero attached hydrogens (tertiary/aromatic N) is 2. The third kappa shape index (κ3) is 12.4. The van der Waals surface area contributed by atoms with Crippen LogP contribution in [0.15, 0.2) is 383 Å². The molecule has 0 amide bonds. The predicted molar refractivity (Wildman–Crippen MR) is 445 cm³/mol. The fourth-order valence-electron chi connectivity index (χ4n) is 16.8. The van der Waals surface area contributed by atoms with Crippen LogP contribution in [-0.4, -0.2) is 0 Å². The first-order valence-corrected chi connectivity index (χ1v) is 37.3. The summed E-state index contributed by atoms with van der Waals surface area (Å²) >= 11 is 0. The lowest BCUT2D eigenvalue weighted by Gasteiger charge is -2.37. The molecule has 0 saturated carbocycles. The summed E-state index contributed by atoms with van der Waals surface area (Å²) in [6.45, 7) is 10.1. The highest BCUT2D eigenvalue weighted by Gasteiger charge is 2.49. The molecule has 3 atom stereocenters. The molecule has 15 aromatic rings. The van der Waals surface area contributed by atoms with Gasteiger partial charge in [0.1, 0.15) is 23.0 Å². The molecule has 8 heteroatoms. The van der Waals surface area contributed by atoms with E-state index in [1.807, 2.05) is 155 Å². The van der Waals surface area contributed by atoms with Gasteiger partial charge in [0.15, 0.2) is 23.3 Å². The summed E-state index contributed by atoms with van der Waals surface area (Å²) in [5.74, 6) is -0.880. The van der Waals surface area contributed by atoms with E-state index in [1.54, 1.807) is 18.2 Å². The Balaban J connectivity index is 0.737. The number of halogens is 4. The number of anilines is 6. The molecule has 0 spiro atoms. The van der Waals surface area contributed by atoms with Crippen LogP contribution in [0.2, 0.25) is 0 Å². The fourth-order valence-corrected chi connectivity index (χ4v) is 16.8. The Morgan fingerprint density at radius 3 is 1.05 bits per heavy atom. The van der Waals surface area contributed by atoms with Gasteiger partial charge in [0.25, 0.3) is 0 Å². The summed E-state index contributed by atoms with van der Waals surface area (Å²) in [6, 6.07) is 114. The maximum Gasteiger partial charge on any atom is 0.160 e. The van der Waals surface area contributed by atoms with E-state index in [1.165, 1.54) is 24.3 Å². The second kappa shape index (κ2) is 28.7. The van der Waals surface area contributed by atoms with Crippen molar-refractivity contribution in [1.29, 1.82) is 0 Å². The highest BCUT2D eigenvalue weighted by molar-refractivity contribution is 5.94. The van der Waals surface area contributed by atoms with Gasteiger partial charge in [0, 0.05) is 46.3 Å². The summed E-state index contributed by atoms with van der Waals surface area (Å²) in [4.78, 5) is 3.96. The Morgan fingerprint density at radius 1 is 0.315 bits per heavy atom. The minimum absolute atomic E-state index is 0.229. The number of fused-ring (bicyclic) bond motifs is 6. The lowest BCUT2D eigenvalue weighted by atomic mass is 9.65. The van der Waals surface area contributed by atoms with Crippen LogP contribution < -0.4 is 19.3 Å². The average molecular weight is 1450 g/mol. The number of allylic oxidation sites excluding steroid dienone is 4. The van der Waals surface area contributed by atoms with Crippen molar-refractivity contribution in [3.05, 3.63) is 456 Å². The van der Waals surface area contributed by atoms with Gasteiger partial charge in [-0.1, -0.05) is 251 Å². The molecule has 18 rings (SSSR count). The van der Waals surface area contributed by atoms with E-state index < -0.39 is 34.1 Å². The molecule has 111 heavy (non-hydrogen) atoms. The van der Waals surface area contributed by atoms with E-state index >= 15 is 17.6 Å². The first-order valence-electron chi connectivity index (χ1n) is 37.3. The van der Waals surface area contributed by atoms with Crippen molar-refractivity contribution >= 4 is 46.3 Å². The highest BCUT2D eigenvalue weighted by atomic mass is 19.2. The maximum absolute atomic E-state index is 16.0. The standard InChI is InChI=1S/C103H72F4N2O2/c1-4-68-24-46-86(47-25-68)110-88-50-34-77(35-51-88)102(76-21-13-8-14-22-76)94-61-74(70-17-9-6-10-18-70)32-54-90(94)92-56-42-82(63-96(92)102)108(84-44-58-98(104)100(106)65-84)80-38-28-72(29-39-80)73-30-40-81(41-31-73)109(85-45-59-99(105)101(107)66-85)83-43-57-93-91-55-33-75(71-19-11-7-12-20-71)62-95(91)103(97(93)64-83,79-23-15-16-67(3)60-79)78-36-52-89(53-37-78)111-87-48-26-69(5-2)27-49-87/h4-15,17-67H,1-2,16H2,3H3. The van der Waals surface area contributed by atoms with Gasteiger partial charge in [-0.15, -0.1) is 0 Å². The molecule has 0 N–H and O–H groups in total. The second-order valence-corrected chi connectivity index (χ2v) is 28.6. The highest BCUT2D eigenvalue weighted by Crippen LogP contribution is 2.61. The second-order valence-electron chi connectivity index (χ2n) is 28.6. The van der Waals surface area contributed by atoms with Crippen LogP contribution in [0.3, 0.4) is 0 Å². The number of hydrogen-bond acceptors (Lipinski definition) is 4. The summed E-state index contributed by atoms with van der Waals surface area (Å²) in [7, 11) is 0. The summed E-state index contributed by atoms with van der Waals surface area (Å²) in [6.07, 6.45) is 11.5. The minimum atomic E-state index is -0.982. The van der Waals surface area contributed by atoms with Crippen LogP contribution in [0.5, 0.6) is 23.0 Å². The van der Waals surface area contributed by atoms with Gasteiger partial charge in [0.05, 0.1) is 10.8 Å². The minimum Gasteiger partial charge on any atom is -0.457 e. The van der Waals surface area contributed by atoms with Crippen molar-refractivity contribution in [2.24, 2.45) is 5.92 Å². The molecule has 3 aliphatic rings. The monoisotopic (exact) mass is 1440 g/mol. The van der Waals surface area contributed by atoms with Gasteiger partial charge in [-0.05, 0) is 257 Å². The number of benzene rings is 15. The van der Waals surface area contributed by atoms with Gasteiger partial charge < -0.3 is 19.3 Å². The number of hydrogen-bond donors (Lipinski definition) is 0. The van der Waals surface area contributed by atoms with E-state index in [0.717, 1.165) is 123 Å². The van der Waals surface area contributed by atoms with Crippen LogP contribution in [0, 0.1) is 29.2 Å². The van der Waals surface area contributed by atoms with Crippen LogP contribution in [-0.2, 0) is 10.8 Å².